The van der Waals surface area contributed by atoms with E-state index in [0.717, 1.165) is 30.4 Å². The monoisotopic (exact) mass is 521 g/mol. The highest BCUT2D eigenvalue weighted by atomic mass is 16.7. The summed E-state index contributed by atoms with van der Waals surface area (Å²) >= 11 is 0. The number of aliphatic hydroxyl groups excluding tert-OH is 1. The third-order valence-electron chi connectivity index (χ3n) is 7.11. The minimum atomic E-state index is -0.253. The van der Waals surface area contributed by atoms with Crippen molar-refractivity contribution in [2.24, 2.45) is 0 Å². The topological polar surface area (TPSA) is 69.6 Å². The van der Waals surface area contributed by atoms with Crippen LogP contribution in [0, 0.1) is 0 Å². The lowest BCUT2D eigenvalue weighted by Gasteiger charge is -2.39. The molecule has 1 saturated heterocycles. The molecule has 38 heavy (non-hydrogen) atoms. The first-order chi connectivity index (χ1) is 18.7. The van der Waals surface area contributed by atoms with Gasteiger partial charge in [-0.2, -0.15) is 0 Å². The molecule has 1 aliphatic heterocycles. The third-order valence-corrected chi connectivity index (χ3v) is 7.11. The van der Waals surface area contributed by atoms with Gasteiger partial charge in [0, 0.05) is 24.7 Å². The molecule has 7 nitrogen and oxygen atoms in total. The molecule has 3 aromatic rings. The standard InChI is InChI=1S/C31H39NO6/c1-34-25-19-29(35-2)26(30(20-25)36-3)21-32(28(22-33)24-13-8-5-9-14-24)27(23-11-6-4-7-12-23)15-10-16-31-37-17-18-38-31/h4-9,11-14,19-20,27-28,31,33H,10,15-18,21-22H2,1-3H3/t27-,28-/m0/s1. The van der Waals surface area contributed by atoms with Crippen LogP contribution in [0.1, 0.15) is 48.0 Å². The Balaban J connectivity index is 1.76. The van der Waals surface area contributed by atoms with Crippen molar-refractivity contribution >= 4 is 0 Å². The Bertz CT molecular complexity index is 1080. The maximum atomic E-state index is 10.8. The summed E-state index contributed by atoms with van der Waals surface area (Å²) in [5, 5.41) is 10.8. The van der Waals surface area contributed by atoms with Crippen molar-refractivity contribution in [2.45, 2.75) is 44.2 Å². The van der Waals surface area contributed by atoms with Crippen LogP contribution in [0.25, 0.3) is 0 Å². The number of aliphatic hydroxyl groups is 1. The lowest BCUT2D eigenvalue weighted by atomic mass is 9.94. The molecule has 3 aromatic carbocycles. The van der Waals surface area contributed by atoms with Gasteiger partial charge in [-0.05, 0) is 30.4 Å². The number of ether oxygens (including phenoxy) is 5. The summed E-state index contributed by atoms with van der Waals surface area (Å²) in [7, 11) is 4.93. The second-order valence-corrected chi connectivity index (χ2v) is 9.32. The number of hydrogen-bond acceptors (Lipinski definition) is 7. The van der Waals surface area contributed by atoms with Crippen LogP contribution in [0.3, 0.4) is 0 Å². The first-order valence-electron chi connectivity index (χ1n) is 13.2. The van der Waals surface area contributed by atoms with Crippen molar-refractivity contribution in [3.05, 3.63) is 89.5 Å². The van der Waals surface area contributed by atoms with Crippen molar-refractivity contribution < 1.29 is 28.8 Å². The lowest BCUT2D eigenvalue weighted by Crippen LogP contribution is -2.35. The Morgan fingerprint density at radius 3 is 1.87 bits per heavy atom. The third kappa shape index (κ3) is 6.85. The maximum absolute atomic E-state index is 10.8. The number of nitrogens with zero attached hydrogens (tertiary/aromatic N) is 1. The molecule has 0 aliphatic carbocycles. The van der Waals surface area contributed by atoms with Gasteiger partial charge in [-0.3, -0.25) is 4.90 Å². The van der Waals surface area contributed by atoms with Gasteiger partial charge in [0.1, 0.15) is 17.2 Å². The molecule has 0 unspecified atom stereocenters. The van der Waals surface area contributed by atoms with E-state index in [-0.39, 0.29) is 25.0 Å². The Morgan fingerprint density at radius 1 is 0.816 bits per heavy atom. The molecule has 0 radical (unpaired) electrons. The normalized spacial score (nSPS) is 15.4. The van der Waals surface area contributed by atoms with Gasteiger partial charge in [-0.15, -0.1) is 0 Å². The van der Waals surface area contributed by atoms with Crippen molar-refractivity contribution in [1.29, 1.82) is 0 Å². The predicted octanol–water partition coefficient (Wildman–Crippen LogP) is 5.53. The van der Waals surface area contributed by atoms with Gasteiger partial charge < -0.3 is 28.8 Å². The highest BCUT2D eigenvalue weighted by Gasteiger charge is 2.31. The molecule has 7 heteroatoms. The van der Waals surface area contributed by atoms with Gasteiger partial charge in [-0.1, -0.05) is 60.7 Å². The molecule has 1 heterocycles. The van der Waals surface area contributed by atoms with Gasteiger partial charge in [0.25, 0.3) is 0 Å². The van der Waals surface area contributed by atoms with Crippen molar-refractivity contribution in [2.75, 3.05) is 41.2 Å². The number of methoxy groups -OCH3 is 3. The van der Waals surface area contributed by atoms with Crippen LogP contribution in [0.4, 0.5) is 0 Å². The lowest BCUT2D eigenvalue weighted by molar-refractivity contribution is -0.0496. The molecule has 4 rings (SSSR count). The molecule has 0 saturated carbocycles. The van der Waals surface area contributed by atoms with Crippen LogP contribution < -0.4 is 14.2 Å². The Kier molecular flexibility index (Phi) is 10.4. The summed E-state index contributed by atoms with van der Waals surface area (Å²) in [6.07, 6.45) is 2.44. The van der Waals surface area contributed by atoms with E-state index in [2.05, 4.69) is 41.3 Å². The van der Waals surface area contributed by atoms with E-state index < -0.39 is 0 Å². The molecular formula is C31H39NO6. The van der Waals surface area contributed by atoms with E-state index in [1.54, 1.807) is 21.3 Å². The van der Waals surface area contributed by atoms with Crippen molar-refractivity contribution in [3.8, 4) is 17.2 Å². The Hall–Kier alpha value is -3.10. The molecule has 2 atom stereocenters. The second-order valence-electron chi connectivity index (χ2n) is 9.32. The highest BCUT2D eigenvalue weighted by molar-refractivity contribution is 5.51. The van der Waals surface area contributed by atoms with Crippen LogP contribution in [0.2, 0.25) is 0 Å². The SMILES string of the molecule is COc1cc(OC)c(CN([C@@H](CO)c2ccccc2)[C@@H](CCCC2OCCO2)c2ccccc2)c(OC)c1. The van der Waals surface area contributed by atoms with E-state index >= 15 is 0 Å². The summed E-state index contributed by atoms with van der Waals surface area (Å²) in [4.78, 5) is 2.36. The second kappa shape index (κ2) is 14.2. The number of benzene rings is 3. The average molecular weight is 522 g/mol. The fourth-order valence-electron chi connectivity index (χ4n) is 5.18. The van der Waals surface area contributed by atoms with Crippen LogP contribution in [0.5, 0.6) is 17.2 Å². The fraction of sp³-hybridized carbons (Fsp3) is 0.419. The smallest absolute Gasteiger partial charge is 0.157 e. The van der Waals surface area contributed by atoms with Crippen molar-refractivity contribution in [1.82, 2.24) is 4.90 Å². The van der Waals surface area contributed by atoms with Gasteiger partial charge in [0.05, 0.1) is 52.8 Å². The van der Waals surface area contributed by atoms with Gasteiger partial charge in [0.2, 0.25) is 0 Å². The van der Waals surface area contributed by atoms with E-state index in [4.69, 9.17) is 23.7 Å². The number of hydrogen-bond donors (Lipinski definition) is 1. The quantitative estimate of drug-likeness (QED) is 0.299. The molecule has 1 N–H and O–H groups in total. The predicted molar refractivity (Wildman–Crippen MR) is 147 cm³/mol. The van der Waals surface area contributed by atoms with Gasteiger partial charge in [0.15, 0.2) is 6.29 Å². The molecule has 0 bridgehead atoms. The average Bonchev–Trinajstić information content (AvgIpc) is 3.50. The molecule has 1 aliphatic rings. The Morgan fingerprint density at radius 2 is 1.37 bits per heavy atom. The first-order valence-corrected chi connectivity index (χ1v) is 13.2. The molecule has 204 valence electrons. The minimum Gasteiger partial charge on any atom is -0.496 e. The summed E-state index contributed by atoms with van der Waals surface area (Å²) < 4.78 is 28.5. The minimum absolute atomic E-state index is 0.00599. The summed E-state index contributed by atoms with van der Waals surface area (Å²) in [6, 6.07) is 24.1. The molecule has 0 amide bonds. The van der Waals surface area contributed by atoms with Crippen LogP contribution in [-0.2, 0) is 16.0 Å². The summed E-state index contributed by atoms with van der Waals surface area (Å²) in [6.45, 7) is 1.75. The maximum Gasteiger partial charge on any atom is 0.157 e. The molecule has 0 spiro atoms. The molecule has 1 fully saturated rings. The zero-order valence-corrected chi connectivity index (χ0v) is 22.5. The van der Waals surface area contributed by atoms with E-state index in [9.17, 15) is 5.11 Å². The largest absolute Gasteiger partial charge is 0.496 e. The highest BCUT2D eigenvalue weighted by Crippen LogP contribution is 2.41. The van der Waals surface area contributed by atoms with Crippen LogP contribution >= 0.6 is 0 Å². The first kappa shape index (κ1) is 27.9. The Labute approximate surface area is 225 Å². The molecule has 0 aromatic heterocycles. The number of rotatable bonds is 14. The van der Waals surface area contributed by atoms with E-state index in [1.165, 1.54) is 5.56 Å². The van der Waals surface area contributed by atoms with E-state index in [1.807, 2.05) is 36.4 Å². The zero-order chi connectivity index (χ0) is 26.7. The van der Waals surface area contributed by atoms with Gasteiger partial charge >= 0.3 is 0 Å². The van der Waals surface area contributed by atoms with Crippen LogP contribution in [0.15, 0.2) is 72.8 Å². The van der Waals surface area contributed by atoms with Crippen molar-refractivity contribution in [3.63, 3.8) is 0 Å². The fourth-order valence-corrected chi connectivity index (χ4v) is 5.18. The molecular weight excluding hydrogens is 482 g/mol. The summed E-state index contributed by atoms with van der Waals surface area (Å²) in [5.41, 5.74) is 3.12. The van der Waals surface area contributed by atoms with E-state index in [0.29, 0.717) is 37.0 Å². The summed E-state index contributed by atoms with van der Waals surface area (Å²) in [5.74, 6) is 2.01. The van der Waals surface area contributed by atoms with Crippen LogP contribution in [-0.4, -0.2) is 57.4 Å². The van der Waals surface area contributed by atoms with Gasteiger partial charge in [-0.25, -0.2) is 0 Å². The zero-order valence-electron chi connectivity index (χ0n) is 22.5.